The fourth-order valence-electron chi connectivity index (χ4n) is 3.47. The predicted molar refractivity (Wildman–Crippen MR) is 114 cm³/mol. The van der Waals surface area contributed by atoms with Crippen LogP contribution in [0.4, 0.5) is 10.1 Å². The van der Waals surface area contributed by atoms with Crippen molar-refractivity contribution in [1.82, 2.24) is 14.5 Å². The molecule has 8 heteroatoms. The smallest absolute Gasteiger partial charge is 0.254 e. The molecule has 0 atom stereocenters. The molecule has 1 aliphatic rings. The summed E-state index contributed by atoms with van der Waals surface area (Å²) in [5.41, 5.74) is 1.55. The van der Waals surface area contributed by atoms with Gasteiger partial charge in [0, 0.05) is 42.8 Å². The molecule has 2 heterocycles. The van der Waals surface area contributed by atoms with Gasteiger partial charge in [-0.3, -0.25) is 14.2 Å². The Morgan fingerprint density at radius 2 is 1.73 bits per heavy atom. The number of rotatable bonds is 4. The van der Waals surface area contributed by atoms with Crippen molar-refractivity contribution in [2.75, 3.05) is 31.1 Å². The Balaban J connectivity index is 1.39. The molecule has 1 amide bonds. The third-order valence-electron chi connectivity index (χ3n) is 5.15. The van der Waals surface area contributed by atoms with E-state index < -0.39 is 0 Å². The average Bonchev–Trinajstić information content (AvgIpc) is 2.76. The fraction of sp³-hybridized carbons (Fsp3) is 0.227. The second kappa shape index (κ2) is 8.67. The third-order valence-corrected chi connectivity index (χ3v) is 5.40. The van der Waals surface area contributed by atoms with E-state index in [1.165, 1.54) is 23.0 Å². The number of nitrogens with zero attached hydrogens (tertiary/aromatic N) is 4. The number of amides is 1. The maximum absolute atomic E-state index is 14.0. The Morgan fingerprint density at radius 3 is 2.40 bits per heavy atom. The summed E-state index contributed by atoms with van der Waals surface area (Å²) in [6, 6.07) is 15.1. The van der Waals surface area contributed by atoms with Gasteiger partial charge in [0.2, 0.25) is 5.91 Å². The van der Waals surface area contributed by atoms with Crippen molar-refractivity contribution in [3.63, 3.8) is 0 Å². The molecule has 2 aromatic carbocycles. The summed E-state index contributed by atoms with van der Waals surface area (Å²) in [6.45, 7) is 1.94. The van der Waals surface area contributed by atoms with Gasteiger partial charge in [0.1, 0.15) is 12.4 Å². The molecule has 0 radical (unpaired) electrons. The zero-order valence-electron chi connectivity index (χ0n) is 16.2. The minimum atomic E-state index is -0.298. The van der Waals surface area contributed by atoms with Crippen molar-refractivity contribution in [2.24, 2.45) is 0 Å². The zero-order valence-corrected chi connectivity index (χ0v) is 16.9. The molecule has 0 spiro atoms. The molecule has 1 aromatic heterocycles. The van der Waals surface area contributed by atoms with Gasteiger partial charge >= 0.3 is 0 Å². The van der Waals surface area contributed by atoms with Crippen LogP contribution in [0.5, 0.6) is 0 Å². The van der Waals surface area contributed by atoms with Gasteiger partial charge in [-0.05, 0) is 24.3 Å². The van der Waals surface area contributed by atoms with Crippen molar-refractivity contribution in [3.8, 4) is 11.3 Å². The minimum absolute atomic E-state index is 0.0770. The van der Waals surface area contributed by atoms with Gasteiger partial charge in [-0.25, -0.2) is 9.37 Å². The summed E-state index contributed by atoms with van der Waals surface area (Å²) < 4.78 is 15.3. The second-order valence-electron chi connectivity index (χ2n) is 7.07. The summed E-state index contributed by atoms with van der Waals surface area (Å²) in [4.78, 5) is 33.0. The van der Waals surface area contributed by atoms with Gasteiger partial charge in [-0.1, -0.05) is 35.9 Å². The Morgan fingerprint density at radius 1 is 1.03 bits per heavy atom. The topological polar surface area (TPSA) is 58.4 Å². The number of halogens is 2. The number of hydrogen-bond acceptors (Lipinski definition) is 4. The lowest BCUT2D eigenvalue weighted by atomic mass is 10.1. The highest BCUT2D eigenvalue weighted by molar-refractivity contribution is 6.30. The summed E-state index contributed by atoms with van der Waals surface area (Å²) in [5, 5.41) is 0.604. The lowest BCUT2D eigenvalue weighted by molar-refractivity contribution is -0.132. The molecule has 1 fully saturated rings. The Kier molecular flexibility index (Phi) is 5.81. The summed E-state index contributed by atoms with van der Waals surface area (Å²) in [5.74, 6) is -0.429. The number of hydrogen-bond donors (Lipinski definition) is 0. The van der Waals surface area contributed by atoms with Crippen LogP contribution in [0, 0.1) is 5.82 Å². The highest BCUT2D eigenvalue weighted by Crippen LogP contribution is 2.20. The molecule has 154 valence electrons. The Bertz CT molecular complexity index is 1110. The lowest BCUT2D eigenvalue weighted by Gasteiger charge is -2.36. The van der Waals surface area contributed by atoms with E-state index in [0.29, 0.717) is 42.6 Å². The highest BCUT2D eigenvalue weighted by atomic mass is 35.5. The molecule has 0 unspecified atom stereocenters. The Hall–Kier alpha value is -3.19. The van der Waals surface area contributed by atoms with Crippen LogP contribution in [0.1, 0.15) is 0 Å². The minimum Gasteiger partial charge on any atom is -0.366 e. The van der Waals surface area contributed by atoms with Crippen molar-refractivity contribution < 1.29 is 9.18 Å². The molecule has 3 aromatic rings. The standard InChI is InChI=1S/C22H20ClFN4O2/c23-17-7-5-16(6-8-17)19-13-21(29)28(15-25-19)14-22(30)27-11-9-26(10-12-27)20-4-2-1-3-18(20)24/h1-8,13,15H,9-12,14H2. The molecule has 4 rings (SSSR count). The number of benzene rings is 2. The first-order valence-corrected chi connectivity index (χ1v) is 9.99. The molecule has 30 heavy (non-hydrogen) atoms. The molecule has 0 aliphatic carbocycles. The maximum Gasteiger partial charge on any atom is 0.254 e. The molecule has 6 nitrogen and oxygen atoms in total. The predicted octanol–water partition coefficient (Wildman–Crippen LogP) is 3.05. The van der Waals surface area contributed by atoms with Crippen LogP contribution in [0.15, 0.2) is 65.7 Å². The highest BCUT2D eigenvalue weighted by Gasteiger charge is 2.23. The van der Waals surface area contributed by atoms with Crippen LogP contribution in [-0.2, 0) is 11.3 Å². The first kappa shape index (κ1) is 20.1. The summed E-state index contributed by atoms with van der Waals surface area (Å²) in [7, 11) is 0. The van der Waals surface area contributed by atoms with Gasteiger partial charge < -0.3 is 9.80 Å². The van der Waals surface area contributed by atoms with Gasteiger partial charge in [0.25, 0.3) is 5.56 Å². The van der Waals surface area contributed by atoms with Crippen LogP contribution in [0.25, 0.3) is 11.3 Å². The van der Waals surface area contributed by atoms with E-state index in [4.69, 9.17) is 11.6 Å². The lowest BCUT2D eigenvalue weighted by Crippen LogP contribution is -2.50. The van der Waals surface area contributed by atoms with E-state index in [1.807, 2.05) is 4.90 Å². The van der Waals surface area contributed by atoms with Crippen molar-refractivity contribution in [3.05, 3.63) is 82.1 Å². The number of piperazine rings is 1. The molecule has 0 saturated carbocycles. The number of anilines is 1. The fourth-order valence-corrected chi connectivity index (χ4v) is 3.60. The van der Waals surface area contributed by atoms with Crippen LogP contribution >= 0.6 is 11.6 Å². The second-order valence-corrected chi connectivity index (χ2v) is 7.50. The van der Waals surface area contributed by atoms with Crippen molar-refractivity contribution in [2.45, 2.75) is 6.54 Å². The first-order chi connectivity index (χ1) is 14.5. The van der Waals surface area contributed by atoms with Gasteiger partial charge in [-0.2, -0.15) is 0 Å². The summed E-state index contributed by atoms with van der Waals surface area (Å²) in [6.07, 6.45) is 1.39. The number of para-hydroxylation sites is 1. The molecule has 0 N–H and O–H groups in total. The molecule has 1 saturated heterocycles. The monoisotopic (exact) mass is 426 g/mol. The van der Waals surface area contributed by atoms with Gasteiger partial charge in [0.05, 0.1) is 17.7 Å². The van der Waals surface area contributed by atoms with Crippen LogP contribution in [0.2, 0.25) is 5.02 Å². The van der Waals surface area contributed by atoms with Crippen molar-refractivity contribution >= 4 is 23.2 Å². The summed E-state index contributed by atoms with van der Waals surface area (Å²) >= 11 is 5.89. The number of aromatic nitrogens is 2. The van der Waals surface area contributed by atoms with Crippen molar-refractivity contribution in [1.29, 1.82) is 0 Å². The van der Waals surface area contributed by atoms with Crippen LogP contribution in [-0.4, -0.2) is 46.5 Å². The molecule has 1 aliphatic heterocycles. The van der Waals surface area contributed by atoms with E-state index in [9.17, 15) is 14.0 Å². The molecular formula is C22H20ClFN4O2. The Labute approximate surface area is 178 Å². The number of carbonyl (C=O) groups is 1. The van der Waals surface area contributed by atoms with E-state index in [0.717, 1.165) is 5.56 Å². The van der Waals surface area contributed by atoms with E-state index in [-0.39, 0.29) is 23.8 Å². The van der Waals surface area contributed by atoms with Crippen LogP contribution < -0.4 is 10.5 Å². The first-order valence-electron chi connectivity index (χ1n) is 9.61. The van der Waals surface area contributed by atoms with E-state index >= 15 is 0 Å². The average molecular weight is 427 g/mol. The quantitative estimate of drug-likeness (QED) is 0.643. The maximum atomic E-state index is 14.0. The van der Waals surface area contributed by atoms with E-state index in [2.05, 4.69) is 4.98 Å². The number of carbonyl (C=O) groups excluding carboxylic acids is 1. The SMILES string of the molecule is O=C(Cn1cnc(-c2ccc(Cl)cc2)cc1=O)N1CCN(c2ccccc2F)CC1. The third kappa shape index (κ3) is 4.36. The normalized spacial score (nSPS) is 14.1. The molecule has 0 bridgehead atoms. The largest absolute Gasteiger partial charge is 0.366 e. The zero-order chi connectivity index (χ0) is 21.1. The van der Waals surface area contributed by atoms with Crippen LogP contribution in [0.3, 0.4) is 0 Å². The van der Waals surface area contributed by atoms with Gasteiger partial charge in [-0.15, -0.1) is 0 Å². The van der Waals surface area contributed by atoms with E-state index in [1.54, 1.807) is 47.4 Å². The van der Waals surface area contributed by atoms with Gasteiger partial charge in [0.15, 0.2) is 0 Å². The molecular weight excluding hydrogens is 407 g/mol.